The van der Waals surface area contributed by atoms with E-state index in [1.807, 2.05) is 50.4 Å². The Morgan fingerprint density at radius 1 is 1.21 bits per heavy atom. The van der Waals surface area contributed by atoms with Crippen LogP contribution in [0.4, 0.5) is 0 Å². The van der Waals surface area contributed by atoms with Crippen LogP contribution in [0.3, 0.4) is 0 Å². The van der Waals surface area contributed by atoms with Crippen molar-refractivity contribution in [1.29, 1.82) is 0 Å². The number of fused-ring (bicyclic) bond motifs is 1. The number of carboxylic acids is 1. The minimum absolute atomic E-state index is 0.339. The van der Waals surface area contributed by atoms with Gasteiger partial charge in [0.1, 0.15) is 6.04 Å². The summed E-state index contributed by atoms with van der Waals surface area (Å²) in [6, 6.07) is 10.7. The summed E-state index contributed by atoms with van der Waals surface area (Å²) in [4.78, 5) is 15.0. The summed E-state index contributed by atoms with van der Waals surface area (Å²) >= 11 is 6.35. The van der Waals surface area contributed by atoms with Crippen LogP contribution in [0.15, 0.2) is 42.6 Å². The highest BCUT2D eigenvalue weighted by Gasteiger charge is 2.20. The van der Waals surface area contributed by atoms with Crippen LogP contribution < -0.4 is 14.8 Å². The van der Waals surface area contributed by atoms with Crippen LogP contribution in [0, 0.1) is 0 Å². The fourth-order valence-electron chi connectivity index (χ4n) is 3.28. The monoisotopic (exact) mass is 416 g/mol. The highest BCUT2D eigenvalue weighted by atomic mass is 35.5. The number of carboxylic acid groups (broad SMARTS) is 1. The number of aromatic amines is 1. The molecule has 0 amide bonds. The number of H-pyrrole nitrogens is 1. The topological polar surface area (TPSA) is 83.6 Å². The van der Waals surface area contributed by atoms with Gasteiger partial charge in [0.05, 0.1) is 18.2 Å². The lowest BCUT2D eigenvalue weighted by molar-refractivity contribution is -0.139. The van der Waals surface area contributed by atoms with Crippen LogP contribution in [0.5, 0.6) is 11.5 Å². The number of hydrogen-bond acceptors (Lipinski definition) is 4. The lowest BCUT2D eigenvalue weighted by Crippen LogP contribution is -2.38. The Labute approximate surface area is 174 Å². The Balaban J connectivity index is 1.76. The molecule has 3 aromatic rings. The van der Waals surface area contributed by atoms with Gasteiger partial charge >= 0.3 is 5.97 Å². The van der Waals surface area contributed by atoms with E-state index < -0.39 is 12.0 Å². The van der Waals surface area contributed by atoms with Gasteiger partial charge in [0, 0.05) is 30.1 Å². The minimum Gasteiger partial charge on any atom is -0.490 e. The second kappa shape index (κ2) is 9.67. The van der Waals surface area contributed by atoms with Gasteiger partial charge in [-0.2, -0.15) is 0 Å². The van der Waals surface area contributed by atoms with Crippen LogP contribution in [0.2, 0.25) is 5.02 Å². The van der Waals surface area contributed by atoms with Gasteiger partial charge in [-0.15, -0.1) is 0 Å². The third-order valence-corrected chi connectivity index (χ3v) is 4.89. The number of halogens is 1. The molecular weight excluding hydrogens is 392 g/mol. The number of para-hydroxylation sites is 1. The van der Waals surface area contributed by atoms with Gasteiger partial charge in [0.25, 0.3) is 0 Å². The normalized spacial score (nSPS) is 12.1. The van der Waals surface area contributed by atoms with Crippen molar-refractivity contribution in [2.45, 2.75) is 32.9 Å². The molecule has 0 bridgehead atoms. The first-order chi connectivity index (χ1) is 14.0. The molecule has 0 aliphatic heterocycles. The van der Waals surface area contributed by atoms with Crippen molar-refractivity contribution in [3.8, 4) is 11.5 Å². The first-order valence-corrected chi connectivity index (χ1v) is 10.0. The lowest BCUT2D eigenvalue weighted by Gasteiger charge is -2.17. The number of ether oxygens (including phenoxy) is 2. The zero-order valence-corrected chi connectivity index (χ0v) is 17.3. The molecule has 0 saturated carbocycles. The fraction of sp³-hybridized carbons (Fsp3) is 0.318. The smallest absolute Gasteiger partial charge is 0.321 e. The molecule has 0 unspecified atom stereocenters. The molecule has 154 valence electrons. The van der Waals surface area contributed by atoms with Gasteiger partial charge in [-0.1, -0.05) is 29.8 Å². The average Bonchev–Trinajstić information content (AvgIpc) is 3.10. The highest BCUT2D eigenvalue weighted by Crippen LogP contribution is 2.36. The quantitative estimate of drug-likeness (QED) is 0.456. The molecule has 0 fully saturated rings. The Kier molecular flexibility index (Phi) is 7.01. The van der Waals surface area contributed by atoms with Crippen molar-refractivity contribution in [2.24, 2.45) is 0 Å². The number of benzene rings is 2. The van der Waals surface area contributed by atoms with Gasteiger partial charge in [-0.05, 0) is 43.2 Å². The number of aliphatic carboxylic acids is 1. The molecule has 3 N–H and O–H groups in total. The number of nitrogens with one attached hydrogen (secondary N) is 2. The third-order valence-electron chi connectivity index (χ3n) is 4.61. The Morgan fingerprint density at radius 2 is 1.97 bits per heavy atom. The third kappa shape index (κ3) is 5.02. The van der Waals surface area contributed by atoms with Gasteiger partial charge in [-0.3, -0.25) is 4.79 Å². The molecule has 7 heteroatoms. The Hall–Kier alpha value is -2.70. The molecule has 0 aliphatic carbocycles. The maximum absolute atomic E-state index is 11.8. The molecule has 1 atom stereocenters. The van der Waals surface area contributed by atoms with Crippen LogP contribution >= 0.6 is 11.6 Å². The second-order valence-corrected chi connectivity index (χ2v) is 7.01. The summed E-state index contributed by atoms with van der Waals surface area (Å²) in [7, 11) is 0. The summed E-state index contributed by atoms with van der Waals surface area (Å²) in [6.07, 6.45) is 2.23. The minimum atomic E-state index is -0.905. The molecule has 0 spiro atoms. The summed E-state index contributed by atoms with van der Waals surface area (Å²) in [5.41, 5.74) is 2.78. The molecular formula is C22H25ClN2O4. The van der Waals surface area contributed by atoms with Crippen LogP contribution in [-0.4, -0.2) is 35.3 Å². The maximum Gasteiger partial charge on any atom is 0.321 e. The van der Waals surface area contributed by atoms with Crippen molar-refractivity contribution in [3.05, 3.63) is 58.7 Å². The Morgan fingerprint density at radius 3 is 2.69 bits per heavy atom. The molecule has 3 rings (SSSR count). The molecule has 2 aromatic carbocycles. The van der Waals surface area contributed by atoms with Crippen molar-refractivity contribution in [2.75, 3.05) is 13.2 Å². The van der Waals surface area contributed by atoms with Crippen molar-refractivity contribution in [1.82, 2.24) is 10.3 Å². The second-order valence-electron chi connectivity index (χ2n) is 6.61. The van der Waals surface area contributed by atoms with E-state index in [2.05, 4.69) is 10.3 Å². The molecule has 1 heterocycles. The van der Waals surface area contributed by atoms with E-state index >= 15 is 0 Å². The van der Waals surface area contributed by atoms with Crippen LogP contribution in [0.25, 0.3) is 10.9 Å². The SMILES string of the molecule is CCOc1cc(CN[C@H](Cc2c[nH]c3ccccc23)C(=O)O)cc(Cl)c1OCC. The largest absolute Gasteiger partial charge is 0.490 e. The van der Waals surface area contributed by atoms with Crippen molar-refractivity contribution >= 4 is 28.5 Å². The maximum atomic E-state index is 11.8. The number of carbonyl (C=O) groups is 1. The fourth-order valence-corrected chi connectivity index (χ4v) is 3.57. The standard InChI is InChI=1S/C22H25ClN2O4/c1-3-28-20-10-14(9-17(23)21(20)29-4-2)12-24-19(22(26)27)11-15-13-25-18-8-6-5-7-16(15)18/h5-10,13,19,24-25H,3-4,11-12H2,1-2H3,(H,26,27)/t19-/m1/s1. The zero-order valence-electron chi connectivity index (χ0n) is 16.5. The predicted octanol–water partition coefficient (Wildman–Crippen LogP) is 4.40. The van der Waals surface area contributed by atoms with Crippen molar-refractivity contribution in [3.63, 3.8) is 0 Å². The Bertz CT molecular complexity index is 986. The molecule has 1 aromatic heterocycles. The van der Waals surface area contributed by atoms with E-state index in [1.54, 1.807) is 6.07 Å². The van der Waals surface area contributed by atoms with E-state index in [0.29, 0.717) is 42.7 Å². The summed E-state index contributed by atoms with van der Waals surface area (Å²) in [5, 5.41) is 14.3. The van der Waals surface area contributed by atoms with E-state index in [1.165, 1.54) is 0 Å². The summed E-state index contributed by atoms with van der Waals surface area (Å²) < 4.78 is 11.2. The van der Waals surface area contributed by atoms with Crippen LogP contribution in [0.1, 0.15) is 25.0 Å². The van der Waals surface area contributed by atoms with Gasteiger partial charge in [-0.25, -0.2) is 0 Å². The number of hydrogen-bond donors (Lipinski definition) is 3. The molecule has 0 saturated heterocycles. The zero-order chi connectivity index (χ0) is 20.8. The van der Waals surface area contributed by atoms with E-state index in [9.17, 15) is 9.90 Å². The average molecular weight is 417 g/mol. The van der Waals surface area contributed by atoms with E-state index in [-0.39, 0.29) is 0 Å². The van der Waals surface area contributed by atoms with Gasteiger partial charge in [0.2, 0.25) is 0 Å². The number of rotatable bonds is 10. The summed E-state index contributed by atoms with van der Waals surface area (Å²) in [5.74, 6) is 0.160. The molecule has 0 radical (unpaired) electrons. The lowest BCUT2D eigenvalue weighted by atomic mass is 10.0. The van der Waals surface area contributed by atoms with E-state index in [0.717, 1.165) is 22.0 Å². The predicted molar refractivity (Wildman–Crippen MR) is 114 cm³/mol. The molecule has 0 aliphatic rings. The number of aromatic nitrogens is 1. The molecule has 6 nitrogen and oxygen atoms in total. The van der Waals surface area contributed by atoms with Crippen molar-refractivity contribution < 1.29 is 19.4 Å². The first kappa shape index (κ1) is 21.0. The van der Waals surface area contributed by atoms with Gasteiger partial charge in [0.15, 0.2) is 11.5 Å². The highest BCUT2D eigenvalue weighted by molar-refractivity contribution is 6.32. The van der Waals surface area contributed by atoms with Crippen LogP contribution in [-0.2, 0) is 17.8 Å². The van der Waals surface area contributed by atoms with Gasteiger partial charge < -0.3 is 24.9 Å². The first-order valence-electron chi connectivity index (χ1n) is 9.62. The molecule has 29 heavy (non-hydrogen) atoms. The summed E-state index contributed by atoms with van der Waals surface area (Å²) in [6.45, 7) is 5.06. The van der Waals surface area contributed by atoms with E-state index in [4.69, 9.17) is 21.1 Å².